The van der Waals surface area contributed by atoms with E-state index in [0.29, 0.717) is 11.3 Å². The summed E-state index contributed by atoms with van der Waals surface area (Å²) in [7, 11) is 0. The van der Waals surface area contributed by atoms with Crippen molar-refractivity contribution in [2.24, 2.45) is 5.92 Å². The van der Waals surface area contributed by atoms with Gasteiger partial charge < -0.3 is 4.74 Å². The Bertz CT molecular complexity index is 725. The minimum absolute atomic E-state index is 0.182. The van der Waals surface area contributed by atoms with Gasteiger partial charge in [0.2, 0.25) is 0 Å². The third-order valence-corrected chi connectivity index (χ3v) is 3.06. The number of nitrogens with zero attached hydrogens (tertiary/aromatic N) is 1. The van der Waals surface area contributed by atoms with Crippen LogP contribution < -0.4 is 4.74 Å². The molecule has 0 heterocycles. The minimum Gasteiger partial charge on any atom is -0.426 e. The number of rotatable bonds is 4. The van der Waals surface area contributed by atoms with Gasteiger partial charge >= 0.3 is 5.97 Å². The van der Waals surface area contributed by atoms with Crippen molar-refractivity contribution in [3.63, 3.8) is 0 Å². The van der Waals surface area contributed by atoms with Crippen molar-refractivity contribution in [3.05, 3.63) is 65.7 Å². The predicted octanol–water partition coefficient (Wildman–Crippen LogP) is 4.31. The number of carbonyl (C=O) groups is 1. The molecular weight excluding hydrogens is 274 g/mol. The third-order valence-electron chi connectivity index (χ3n) is 3.06. The first-order valence-corrected chi connectivity index (χ1v) is 7.09. The van der Waals surface area contributed by atoms with Gasteiger partial charge in [0.1, 0.15) is 5.75 Å². The quantitative estimate of drug-likeness (QED) is 0.365. The Balaban J connectivity index is 2.28. The molecule has 0 spiro atoms. The maximum Gasteiger partial charge on any atom is 0.313 e. The average Bonchev–Trinajstić information content (AvgIpc) is 2.53. The smallest absolute Gasteiger partial charge is 0.313 e. The maximum absolute atomic E-state index is 11.6. The second-order valence-electron chi connectivity index (χ2n) is 5.18. The lowest BCUT2D eigenvalue weighted by atomic mass is 10.0. The summed E-state index contributed by atoms with van der Waals surface area (Å²) in [4.78, 5) is 11.6. The molecule has 0 amide bonds. The standard InChI is InChI=1S/C19H17NO2/c1-14(2)19(21)22-18-10-6-7-15(12-18)11-17(13-20)16-8-4-3-5-9-16/h3-12,14H,1-2H3/b17-11-. The van der Waals surface area contributed by atoms with Crippen molar-refractivity contribution in [1.29, 1.82) is 5.26 Å². The fraction of sp³-hybridized carbons (Fsp3) is 0.158. The monoisotopic (exact) mass is 291 g/mol. The molecule has 0 aromatic heterocycles. The van der Waals surface area contributed by atoms with E-state index in [4.69, 9.17) is 4.74 Å². The van der Waals surface area contributed by atoms with Crippen LogP contribution in [0.4, 0.5) is 0 Å². The first-order valence-electron chi connectivity index (χ1n) is 7.09. The molecule has 0 N–H and O–H groups in total. The van der Waals surface area contributed by atoms with Crippen LogP contribution in [0.3, 0.4) is 0 Å². The number of hydrogen-bond donors (Lipinski definition) is 0. The highest BCUT2D eigenvalue weighted by molar-refractivity contribution is 5.89. The highest BCUT2D eigenvalue weighted by atomic mass is 16.5. The van der Waals surface area contributed by atoms with Gasteiger partial charge in [-0.15, -0.1) is 0 Å². The molecule has 0 bridgehead atoms. The number of benzene rings is 2. The van der Waals surface area contributed by atoms with E-state index in [1.807, 2.05) is 36.4 Å². The fourth-order valence-electron chi connectivity index (χ4n) is 1.87. The molecule has 0 saturated carbocycles. The molecule has 0 unspecified atom stereocenters. The summed E-state index contributed by atoms with van der Waals surface area (Å²) in [6.07, 6.45) is 1.78. The van der Waals surface area contributed by atoms with E-state index >= 15 is 0 Å². The Hall–Kier alpha value is -2.86. The third kappa shape index (κ3) is 4.07. The van der Waals surface area contributed by atoms with Crippen molar-refractivity contribution in [2.75, 3.05) is 0 Å². The van der Waals surface area contributed by atoms with E-state index < -0.39 is 0 Å². The lowest BCUT2D eigenvalue weighted by Gasteiger charge is -2.07. The Morgan fingerprint density at radius 3 is 2.50 bits per heavy atom. The van der Waals surface area contributed by atoms with E-state index in [0.717, 1.165) is 11.1 Å². The lowest BCUT2D eigenvalue weighted by Crippen LogP contribution is -2.14. The summed E-state index contributed by atoms with van der Waals surface area (Å²) in [5.74, 6) is 0.0284. The van der Waals surface area contributed by atoms with E-state index in [1.165, 1.54) is 0 Å². The van der Waals surface area contributed by atoms with E-state index in [2.05, 4.69) is 6.07 Å². The summed E-state index contributed by atoms with van der Waals surface area (Å²) < 4.78 is 5.29. The van der Waals surface area contributed by atoms with E-state index in [-0.39, 0.29) is 11.9 Å². The van der Waals surface area contributed by atoms with Crippen LogP contribution in [-0.2, 0) is 4.79 Å². The van der Waals surface area contributed by atoms with Gasteiger partial charge in [0.25, 0.3) is 0 Å². The zero-order valence-corrected chi connectivity index (χ0v) is 12.6. The van der Waals surface area contributed by atoms with Crippen molar-refractivity contribution < 1.29 is 9.53 Å². The Morgan fingerprint density at radius 1 is 1.14 bits per heavy atom. The van der Waals surface area contributed by atoms with Gasteiger partial charge in [-0.1, -0.05) is 56.3 Å². The molecule has 3 heteroatoms. The normalized spacial score (nSPS) is 11.1. The summed E-state index contributed by atoms with van der Waals surface area (Å²) >= 11 is 0. The Labute approximate surface area is 130 Å². The number of carbonyl (C=O) groups excluding carboxylic acids is 1. The molecule has 0 aliphatic heterocycles. The largest absolute Gasteiger partial charge is 0.426 e. The Morgan fingerprint density at radius 2 is 1.86 bits per heavy atom. The van der Waals surface area contributed by atoms with Crippen molar-refractivity contribution in [3.8, 4) is 11.8 Å². The molecular formula is C19H17NO2. The van der Waals surface area contributed by atoms with Crippen LogP contribution in [0.5, 0.6) is 5.75 Å². The molecule has 0 saturated heterocycles. The van der Waals surface area contributed by atoms with Crippen molar-refractivity contribution in [2.45, 2.75) is 13.8 Å². The summed E-state index contributed by atoms with van der Waals surface area (Å²) in [6, 6.07) is 18.8. The van der Waals surface area contributed by atoms with Crippen LogP contribution in [0.2, 0.25) is 0 Å². The molecule has 22 heavy (non-hydrogen) atoms. The maximum atomic E-state index is 11.6. The molecule has 0 aliphatic rings. The summed E-state index contributed by atoms with van der Waals surface area (Å²) in [5.41, 5.74) is 2.23. The highest BCUT2D eigenvalue weighted by Crippen LogP contribution is 2.21. The molecule has 2 rings (SSSR count). The van der Waals surface area contributed by atoms with Gasteiger partial charge in [-0.3, -0.25) is 4.79 Å². The Kier molecular flexibility index (Phi) is 5.11. The molecule has 2 aromatic rings. The average molecular weight is 291 g/mol. The topological polar surface area (TPSA) is 50.1 Å². The second kappa shape index (κ2) is 7.24. The number of ether oxygens (including phenoxy) is 1. The van der Waals surface area contributed by atoms with Gasteiger partial charge in [0, 0.05) is 0 Å². The number of hydrogen-bond acceptors (Lipinski definition) is 3. The van der Waals surface area contributed by atoms with Gasteiger partial charge in [-0.25, -0.2) is 0 Å². The van der Waals surface area contributed by atoms with Gasteiger partial charge in [0.15, 0.2) is 0 Å². The van der Waals surface area contributed by atoms with Gasteiger partial charge in [0.05, 0.1) is 17.6 Å². The first-order chi connectivity index (χ1) is 10.6. The van der Waals surface area contributed by atoms with Crippen LogP contribution in [0.25, 0.3) is 11.6 Å². The van der Waals surface area contributed by atoms with Crippen LogP contribution in [0.15, 0.2) is 54.6 Å². The molecule has 0 fully saturated rings. The first kappa shape index (κ1) is 15.5. The minimum atomic E-state index is -0.273. The summed E-state index contributed by atoms with van der Waals surface area (Å²) in [5, 5.41) is 9.32. The molecule has 2 aromatic carbocycles. The van der Waals surface area contributed by atoms with Crippen LogP contribution >= 0.6 is 0 Å². The highest BCUT2D eigenvalue weighted by Gasteiger charge is 2.09. The van der Waals surface area contributed by atoms with Gasteiger partial charge in [-0.05, 0) is 29.3 Å². The zero-order valence-electron chi connectivity index (χ0n) is 12.6. The van der Waals surface area contributed by atoms with E-state index in [1.54, 1.807) is 38.1 Å². The summed E-state index contributed by atoms with van der Waals surface area (Å²) in [6.45, 7) is 3.57. The molecule has 0 atom stereocenters. The van der Waals surface area contributed by atoms with Crippen molar-refractivity contribution in [1.82, 2.24) is 0 Å². The molecule has 3 nitrogen and oxygen atoms in total. The van der Waals surface area contributed by atoms with Gasteiger partial charge in [-0.2, -0.15) is 5.26 Å². The molecule has 110 valence electrons. The van der Waals surface area contributed by atoms with Crippen LogP contribution in [0.1, 0.15) is 25.0 Å². The van der Waals surface area contributed by atoms with Crippen LogP contribution in [-0.4, -0.2) is 5.97 Å². The number of esters is 1. The predicted molar refractivity (Wildman–Crippen MR) is 86.8 cm³/mol. The SMILES string of the molecule is CC(C)C(=O)Oc1cccc(/C=C(/C#N)c2ccccc2)c1. The number of nitriles is 1. The molecule has 0 aliphatic carbocycles. The van der Waals surface area contributed by atoms with Crippen molar-refractivity contribution >= 4 is 17.6 Å². The van der Waals surface area contributed by atoms with E-state index in [9.17, 15) is 10.1 Å². The second-order valence-corrected chi connectivity index (χ2v) is 5.18. The zero-order chi connectivity index (χ0) is 15.9. The number of allylic oxidation sites excluding steroid dienone is 1. The lowest BCUT2D eigenvalue weighted by molar-refractivity contribution is -0.137. The van der Waals surface area contributed by atoms with Crippen LogP contribution in [0, 0.1) is 17.2 Å². The molecule has 0 radical (unpaired) electrons. The fourth-order valence-corrected chi connectivity index (χ4v) is 1.87.